The minimum absolute atomic E-state index is 0.0328. The maximum atomic E-state index is 12.7. The summed E-state index contributed by atoms with van der Waals surface area (Å²) < 4.78 is 7.15. The molecule has 0 bridgehead atoms. The van der Waals surface area contributed by atoms with E-state index in [0.29, 0.717) is 11.4 Å². The first-order valence-electron chi connectivity index (χ1n) is 7.97. The molecule has 0 atom stereocenters. The molecular weight excluding hydrogens is 334 g/mol. The number of amides is 1. The van der Waals surface area contributed by atoms with Crippen molar-refractivity contribution in [3.05, 3.63) is 59.5 Å². The summed E-state index contributed by atoms with van der Waals surface area (Å²) in [6, 6.07) is 3.67. The number of carbonyl (C=O) groups excluding carboxylic acids is 1. The van der Waals surface area contributed by atoms with Gasteiger partial charge in [-0.2, -0.15) is 5.10 Å². The van der Waals surface area contributed by atoms with Crippen LogP contribution in [-0.4, -0.2) is 39.5 Å². The number of carbonyl (C=O) groups is 1. The molecule has 9 heteroatoms. The summed E-state index contributed by atoms with van der Waals surface area (Å²) in [6.07, 6.45) is 6.11. The van der Waals surface area contributed by atoms with Gasteiger partial charge < -0.3 is 4.74 Å². The van der Waals surface area contributed by atoms with Crippen molar-refractivity contribution in [1.82, 2.24) is 14.8 Å². The van der Waals surface area contributed by atoms with Crippen molar-refractivity contribution >= 4 is 11.8 Å². The van der Waals surface area contributed by atoms with Crippen LogP contribution in [-0.2, 0) is 4.74 Å². The van der Waals surface area contributed by atoms with Gasteiger partial charge in [0.1, 0.15) is 5.60 Å². The predicted molar refractivity (Wildman–Crippen MR) is 98.2 cm³/mol. The molecule has 2 aromatic rings. The quantitative estimate of drug-likeness (QED) is 0.326. The van der Waals surface area contributed by atoms with Crippen LogP contribution >= 0.6 is 0 Å². The van der Waals surface area contributed by atoms with E-state index in [1.165, 1.54) is 4.90 Å². The van der Waals surface area contributed by atoms with Crippen LogP contribution in [0.15, 0.2) is 48.5 Å². The largest absolute Gasteiger partial charge is 0.443 e. The molecule has 2 heterocycles. The standard InChI is InChI=1S/C17H21N7O2/c1-5-9-23(16(25)26-17(3,4)12-20-22-18)15-11-24(21-13(15)2)14-7-6-8-19-10-14/h5-8,10-11H,1,9,12H2,2-4H3. The van der Waals surface area contributed by atoms with Crippen molar-refractivity contribution in [2.75, 3.05) is 18.0 Å². The Kier molecular flexibility index (Phi) is 5.98. The van der Waals surface area contributed by atoms with E-state index in [1.54, 1.807) is 56.2 Å². The molecule has 0 aromatic carbocycles. The molecule has 0 spiro atoms. The Morgan fingerprint density at radius 3 is 2.96 bits per heavy atom. The van der Waals surface area contributed by atoms with E-state index < -0.39 is 11.7 Å². The van der Waals surface area contributed by atoms with Crippen LogP contribution in [0, 0.1) is 6.92 Å². The highest BCUT2D eigenvalue weighted by Crippen LogP contribution is 2.23. The lowest BCUT2D eigenvalue weighted by Gasteiger charge is -2.28. The minimum Gasteiger partial charge on any atom is -0.443 e. The summed E-state index contributed by atoms with van der Waals surface area (Å²) in [5, 5.41) is 7.92. The molecule has 1 amide bonds. The number of ether oxygens (including phenoxy) is 1. The molecule has 0 N–H and O–H groups in total. The molecule has 0 saturated heterocycles. The Labute approximate surface area is 151 Å². The highest BCUT2D eigenvalue weighted by atomic mass is 16.6. The van der Waals surface area contributed by atoms with Crippen LogP contribution in [0.1, 0.15) is 19.5 Å². The number of aromatic nitrogens is 3. The van der Waals surface area contributed by atoms with E-state index >= 15 is 0 Å². The normalized spacial score (nSPS) is 10.7. The first-order valence-corrected chi connectivity index (χ1v) is 7.97. The summed E-state index contributed by atoms with van der Waals surface area (Å²) in [5.74, 6) is 0. The third-order valence-electron chi connectivity index (χ3n) is 3.48. The van der Waals surface area contributed by atoms with Crippen molar-refractivity contribution in [2.24, 2.45) is 5.11 Å². The minimum atomic E-state index is -0.935. The zero-order valence-corrected chi connectivity index (χ0v) is 15.0. The van der Waals surface area contributed by atoms with Crippen LogP contribution in [0.2, 0.25) is 0 Å². The monoisotopic (exact) mass is 355 g/mol. The molecule has 0 aliphatic heterocycles. The molecule has 0 saturated carbocycles. The Bertz CT molecular complexity index is 823. The number of hydrogen-bond acceptors (Lipinski definition) is 5. The fraction of sp³-hybridized carbons (Fsp3) is 0.353. The first kappa shape index (κ1) is 19.0. The highest BCUT2D eigenvalue weighted by molar-refractivity contribution is 5.88. The Hall–Kier alpha value is -3.32. The van der Waals surface area contributed by atoms with Crippen molar-refractivity contribution < 1.29 is 9.53 Å². The molecule has 9 nitrogen and oxygen atoms in total. The smallest absolute Gasteiger partial charge is 0.415 e. The average Bonchev–Trinajstić information content (AvgIpc) is 2.99. The third-order valence-corrected chi connectivity index (χ3v) is 3.48. The topological polar surface area (TPSA) is 109 Å². The first-order chi connectivity index (χ1) is 12.4. The molecule has 0 unspecified atom stereocenters. The number of rotatable bonds is 7. The van der Waals surface area contributed by atoms with E-state index in [4.69, 9.17) is 10.3 Å². The van der Waals surface area contributed by atoms with Crippen molar-refractivity contribution in [3.8, 4) is 5.69 Å². The van der Waals surface area contributed by atoms with Gasteiger partial charge in [-0.1, -0.05) is 11.2 Å². The molecular formula is C17H21N7O2. The maximum Gasteiger partial charge on any atom is 0.415 e. The Morgan fingerprint density at radius 2 is 2.35 bits per heavy atom. The van der Waals surface area contributed by atoms with Crippen molar-refractivity contribution in [2.45, 2.75) is 26.4 Å². The number of hydrogen-bond donors (Lipinski definition) is 0. The second kappa shape index (κ2) is 8.17. The van der Waals surface area contributed by atoms with Crippen LogP contribution in [0.5, 0.6) is 0 Å². The molecule has 136 valence electrons. The summed E-state index contributed by atoms with van der Waals surface area (Å²) in [4.78, 5) is 20.9. The lowest BCUT2D eigenvalue weighted by atomic mass is 10.1. The predicted octanol–water partition coefficient (Wildman–Crippen LogP) is 3.79. The second-order valence-corrected chi connectivity index (χ2v) is 6.17. The molecule has 2 aromatic heterocycles. The lowest BCUT2D eigenvalue weighted by molar-refractivity contribution is 0.0509. The van der Waals surface area contributed by atoms with Crippen LogP contribution in [0.25, 0.3) is 16.1 Å². The molecule has 26 heavy (non-hydrogen) atoms. The summed E-state index contributed by atoms with van der Waals surface area (Å²) in [6.45, 7) is 9.13. The van der Waals surface area contributed by atoms with Crippen molar-refractivity contribution in [3.63, 3.8) is 0 Å². The molecule has 0 fully saturated rings. The van der Waals surface area contributed by atoms with Crippen LogP contribution in [0.4, 0.5) is 10.5 Å². The molecule has 2 rings (SSSR count). The summed E-state index contributed by atoms with van der Waals surface area (Å²) in [5.41, 5.74) is 9.55. The zero-order valence-electron chi connectivity index (χ0n) is 15.0. The second-order valence-electron chi connectivity index (χ2n) is 6.17. The van der Waals surface area contributed by atoms with Crippen LogP contribution < -0.4 is 4.90 Å². The Balaban J connectivity index is 2.29. The van der Waals surface area contributed by atoms with E-state index in [-0.39, 0.29) is 13.1 Å². The van der Waals surface area contributed by atoms with Gasteiger partial charge in [-0.15, -0.1) is 6.58 Å². The van der Waals surface area contributed by atoms with Gasteiger partial charge in [-0.05, 0) is 38.4 Å². The van der Waals surface area contributed by atoms with E-state index in [9.17, 15) is 4.79 Å². The van der Waals surface area contributed by atoms with Gasteiger partial charge >= 0.3 is 6.09 Å². The third kappa shape index (κ3) is 4.61. The van der Waals surface area contributed by atoms with Gasteiger partial charge in [0.2, 0.25) is 0 Å². The van der Waals surface area contributed by atoms with Crippen molar-refractivity contribution in [1.29, 1.82) is 0 Å². The van der Waals surface area contributed by atoms with E-state index in [2.05, 4.69) is 26.7 Å². The van der Waals surface area contributed by atoms with Crippen LogP contribution in [0.3, 0.4) is 0 Å². The number of aryl methyl sites for hydroxylation is 1. The number of anilines is 1. The summed E-state index contributed by atoms with van der Waals surface area (Å²) >= 11 is 0. The molecule has 0 aliphatic rings. The summed E-state index contributed by atoms with van der Waals surface area (Å²) in [7, 11) is 0. The van der Waals surface area contributed by atoms with Gasteiger partial charge in [0.05, 0.1) is 36.0 Å². The molecule has 0 radical (unpaired) electrons. The highest BCUT2D eigenvalue weighted by Gasteiger charge is 2.28. The number of azide groups is 1. The van der Waals surface area contributed by atoms with Gasteiger partial charge in [0.15, 0.2) is 0 Å². The van der Waals surface area contributed by atoms with Gasteiger partial charge in [-0.3, -0.25) is 9.88 Å². The lowest BCUT2D eigenvalue weighted by Crippen LogP contribution is -2.40. The zero-order chi connectivity index (χ0) is 19.2. The van der Waals surface area contributed by atoms with Gasteiger partial charge in [0, 0.05) is 17.7 Å². The Morgan fingerprint density at radius 1 is 1.58 bits per heavy atom. The molecule has 0 aliphatic carbocycles. The number of pyridine rings is 1. The van der Waals surface area contributed by atoms with E-state index in [1.807, 2.05) is 6.07 Å². The van der Waals surface area contributed by atoms with Gasteiger partial charge in [0.25, 0.3) is 0 Å². The average molecular weight is 355 g/mol. The SMILES string of the molecule is C=CCN(C(=O)OC(C)(C)CN=[N+]=[N-])c1cn(-c2cccnc2)nc1C. The van der Waals surface area contributed by atoms with Gasteiger partial charge in [-0.25, -0.2) is 9.48 Å². The number of nitrogens with zero attached hydrogens (tertiary/aromatic N) is 7. The van der Waals surface area contributed by atoms with E-state index in [0.717, 1.165) is 5.69 Å². The fourth-order valence-corrected chi connectivity index (χ4v) is 2.26. The maximum absolute atomic E-state index is 12.7. The fourth-order valence-electron chi connectivity index (χ4n) is 2.26.